The van der Waals surface area contributed by atoms with Crippen molar-refractivity contribution in [2.75, 3.05) is 24.7 Å². The highest BCUT2D eigenvalue weighted by Gasteiger charge is 2.38. The Labute approximate surface area is 205 Å². The molecule has 3 aliphatic heterocycles. The second-order valence-corrected chi connectivity index (χ2v) is 10.9. The molecule has 1 N–H and O–H groups in total. The Hall–Kier alpha value is -1.97. The predicted octanol–water partition coefficient (Wildman–Crippen LogP) is 4.16. The van der Waals surface area contributed by atoms with Gasteiger partial charge in [0.25, 0.3) is 5.91 Å². The molecule has 10 heteroatoms. The number of benzene rings is 1. The molecule has 1 unspecified atom stereocenters. The highest BCUT2D eigenvalue weighted by atomic mass is 35.5. The third-order valence-corrected chi connectivity index (χ3v) is 8.04. The summed E-state index contributed by atoms with van der Waals surface area (Å²) in [5, 5.41) is 3.99. The van der Waals surface area contributed by atoms with E-state index in [9.17, 15) is 9.59 Å². The Balaban J connectivity index is 1.32. The zero-order valence-electron chi connectivity index (χ0n) is 18.2. The lowest BCUT2D eigenvalue weighted by atomic mass is 9.95. The molecule has 1 saturated heterocycles. The summed E-state index contributed by atoms with van der Waals surface area (Å²) in [6.45, 7) is 5.20. The Morgan fingerprint density at radius 3 is 2.73 bits per heavy atom. The van der Waals surface area contributed by atoms with Gasteiger partial charge in [-0.15, -0.1) is 11.3 Å². The molecule has 0 aliphatic carbocycles. The van der Waals surface area contributed by atoms with Crippen molar-refractivity contribution >= 4 is 62.8 Å². The van der Waals surface area contributed by atoms with Crippen LogP contribution in [0.2, 0.25) is 9.36 Å². The van der Waals surface area contributed by atoms with Gasteiger partial charge in [0.1, 0.15) is 21.1 Å². The van der Waals surface area contributed by atoms with Gasteiger partial charge >= 0.3 is 0 Å². The zero-order chi connectivity index (χ0) is 23.3. The van der Waals surface area contributed by atoms with E-state index < -0.39 is 11.8 Å². The Kier molecular flexibility index (Phi) is 5.99. The van der Waals surface area contributed by atoms with E-state index >= 15 is 0 Å². The second-order valence-electron chi connectivity index (χ2n) is 8.90. The fraction of sp³-hybridized carbons (Fsp3) is 0.435. The lowest BCUT2D eigenvalue weighted by molar-refractivity contribution is -0.260. The molecule has 0 radical (unpaired) electrons. The number of anilines is 1. The molecule has 0 bridgehead atoms. The summed E-state index contributed by atoms with van der Waals surface area (Å²) in [6.07, 6.45) is 0.723. The molecule has 1 atom stereocenters. The Bertz CT molecular complexity index is 1150. The molecule has 0 spiro atoms. The third kappa shape index (κ3) is 4.42. The number of amides is 2. The van der Waals surface area contributed by atoms with Crippen molar-refractivity contribution in [3.05, 3.63) is 44.8 Å². The molecule has 5 rings (SSSR count). The van der Waals surface area contributed by atoms with Gasteiger partial charge in [-0.2, -0.15) is 0 Å². The number of hydrogen-bond donors (Lipinski definition) is 1. The van der Waals surface area contributed by atoms with E-state index in [-0.39, 0.29) is 17.7 Å². The minimum absolute atomic E-state index is 0.0339. The molecule has 0 saturated carbocycles. The van der Waals surface area contributed by atoms with Gasteiger partial charge < -0.3 is 19.7 Å². The van der Waals surface area contributed by atoms with E-state index in [4.69, 9.17) is 32.7 Å². The summed E-state index contributed by atoms with van der Waals surface area (Å²) in [6, 6.07) is 7.08. The van der Waals surface area contributed by atoms with Crippen LogP contribution in [0.25, 0.3) is 0 Å². The van der Waals surface area contributed by atoms with Gasteiger partial charge in [0.05, 0.1) is 18.2 Å². The first-order chi connectivity index (χ1) is 15.7. The molecule has 4 heterocycles. The van der Waals surface area contributed by atoms with Crippen LogP contribution in [0.15, 0.2) is 29.3 Å². The molecule has 1 aromatic carbocycles. The average Bonchev–Trinajstić information content (AvgIpc) is 3.31. The van der Waals surface area contributed by atoms with Crippen LogP contribution in [0.3, 0.4) is 0 Å². The van der Waals surface area contributed by atoms with Crippen LogP contribution < -0.4 is 10.2 Å². The summed E-state index contributed by atoms with van der Waals surface area (Å²) in [7, 11) is 0. The molecule has 3 aliphatic rings. The van der Waals surface area contributed by atoms with E-state index in [0.29, 0.717) is 52.7 Å². The highest BCUT2D eigenvalue weighted by Crippen LogP contribution is 2.45. The van der Waals surface area contributed by atoms with E-state index in [0.717, 1.165) is 16.8 Å². The van der Waals surface area contributed by atoms with E-state index in [1.54, 1.807) is 4.90 Å². The second kappa shape index (κ2) is 8.67. The number of rotatable bonds is 4. The maximum Gasteiger partial charge on any atom is 0.266 e. The average molecular weight is 508 g/mol. The van der Waals surface area contributed by atoms with Crippen LogP contribution in [0.4, 0.5) is 10.7 Å². The summed E-state index contributed by atoms with van der Waals surface area (Å²) in [5.74, 6) is -1.10. The Morgan fingerprint density at radius 2 is 2.00 bits per heavy atom. The summed E-state index contributed by atoms with van der Waals surface area (Å²) >= 11 is 13.5. The molecular formula is C23H23Cl2N3O4S. The van der Waals surface area contributed by atoms with Crippen molar-refractivity contribution in [1.29, 1.82) is 0 Å². The molecule has 7 nitrogen and oxygen atoms in total. The first-order valence-electron chi connectivity index (χ1n) is 10.7. The maximum atomic E-state index is 13.5. The van der Waals surface area contributed by atoms with E-state index in [2.05, 4.69) is 10.3 Å². The minimum atomic E-state index is -0.685. The van der Waals surface area contributed by atoms with E-state index in [1.807, 2.05) is 38.1 Å². The largest absolute Gasteiger partial charge is 0.350 e. The molecule has 2 amide bonds. The number of para-hydroxylation sites is 1. The van der Waals surface area contributed by atoms with Crippen molar-refractivity contribution in [1.82, 2.24) is 5.32 Å². The van der Waals surface area contributed by atoms with Gasteiger partial charge in [-0.05, 0) is 25.5 Å². The first-order valence-corrected chi connectivity index (χ1v) is 12.3. The number of thiophene rings is 1. The number of aliphatic imine (C=N–C) groups is 1. The lowest BCUT2D eigenvalue weighted by Gasteiger charge is -2.40. The van der Waals surface area contributed by atoms with E-state index in [1.165, 1.54) is 11.3 Å². The van der Waals surface area contributed by atoms with Crippen LogP contribution in [-0.4, -0.2) is 49.1 Å². The number of hydrogen-bond acceptors (Lipinski definition) is 6. The molecule has 1 aromatic heterocycles. The fourth-order valence-corrected chi connectivity index (χ4v) is 5.80. The monoisotopic (exact) mass is 507 g/mol. The van der Waals surface area contributed by atoms with Crippen molar-refractivity contribution in [2.24, 2.45) is 10.9 Å². The number of halogens is 2. The van der Waals surface area contributed by atoms with Crippen LogP contribution in [0, 0.1) is 5.92 Å². The number of carbonyl (C=O) groups excluding carboxylic acids is 2. The quantitative estimate of drug-likeness (QED) is 0.673. The maximum absolute atomic E-state index is 13.5. The zero-order valence-corrected chi connectivity index (χ0v) is 20.5. The number of fused-ring (bicyclic) bond motifs is 2. The van der Waals surface area contributed by atoms with Gasteiger partial charge in [-0.25, -0.2) is 4.99 Å². The first kappa shape index (κ1) is 22.8. The van der Waals surface area contributed by atoms with Crippen LogP contribution in [0.5, 0.6) is 0 Å². The van der Waals surface area contributed by atoms with Crippen molar-refractivity contribution < 1.29 is 19.1 Å². The number of nitrogens with one attached hydrogen (secondary N) is 1. The molecule has 1 fully saturated rings. The number of ether oxygens (including phenoxy) is 2. The van der Waals surface area contributed by atoms with Crippen molar-refractivity contribution in [3.8, 4) is 0 Å². The SMILES string of the molecule is CC1(C)OCC(CN2C(=O)C(NC(=O)C3=Nc4sc(Cl)c(Cl)c4C3)Cc3ccccc32)CO1. The van der Waals surface area contributed by atoms with Gasteiger partial charge in [0.15, 0.2) is 5.79 Å². The topological polar surface area (TPSA) is 80.2 Å². The van der Waals surface area contributed by atoms with Gasteiger partial charge in [0, 0.05) is 36.6 Å². The number of carbonyl (C=O) groups is 2. The predicted molar refractivity (Wildman–Crippen MR) is 129 cm³/mol. The Morgan fingerprint density at radius 1 is 1.27 bits per heavy atom. The summed E-state index contributed by atoms with van der Waals surface area (Å²) < 4.78 is 12.0. The molecule has 2 aromatic rings. The molecule has 33 heavy (non-hydrogen) atoms. The number of nitrogens with zero attached hydrogens (tertiary/aromatic N) is 2. The van der Waals surface area contributed by atoms with Gasteiger partial charge in [-0.3, -0.25) is 9.59 Å². The lowest BCUT2D eigenvalue weighted by Crippen LogP contribution is -2.56. The van der Waals surface area contributed by atoms with Gasteiger partial charge in [-0.1, -0.05) is 41.4 Å². The fourth-order valence-electron chi connectivity index (χ4n) is 4.30. The van der Waals surface area contributed by atoms with Crippen LogP contribution in [0.1, 0.15) is 25.0 Å². The summed E-state index contributed by atoms with van der Waals surface area (Å²) in [4.78, 5) is 32.6. The highest BCUT2D eigenvalue weighted by molar-refractivity contribution is 7.20. The van der Waals surface area contributed by atoms with Crippen molar-refractivity contribution in [2.45, 2.75) is 38.5 Å². The minimum Gasteiger partial charge on any atom is -0.350 e. The van der Waals surface area contributed by atoms with Crippen LogP contribution in [-0.2, 0) is 31.9 Å². The van der Waals surface area contributed by atoms with Crippen molar-refractivity contribution in [3.63, 3.8) is 0 Å². The normalized spacial score (nSPS) is 22.1. The summed E-state index contributed by atoms with van der Waals surface area (Å²) in [5.41, 5.74) is 2.96. The standard InChI is InChI=1S/C23H23Cl2N3O4S/c1-23(2)31-10-12(11-32-23)9-28-17-6-4-3-5-13(17)7-16(22(28)30)26-20(29)15-8-14-18(24)19(25)33-21(14)27-15/h3-6,12,16H,7-11H2,1-2H3,(H,26,29). The molecule has 174 valence electrons. The third-order valence-electron chi connectivity index (χ3n) is 6.07. The smallest absolute Gasteiger partial charge is 0.266 e. The molecular weight excluding hydrogens is 485 g/mol. The van der Waals surface area contributed by atoms with Gasteiger partial charge in [0.2, 0.25) is 5.91 Å². The van der Waals surface area contributed by atoms with Crippen LogP contribution >= 0.6 is 34.5 Å².